The number of nitrogens with two attached hydrogens (primary N) is 1. The molecule has 1 heterocycles. The third-order valence-electron chi connectivity index (χ3n) is 4.96. The quantitative estimate of drug-likeness (QED) is 0.852. The van der Waals surface area contributed by atoms with Gasteiger partial charge in [-0.1, -0.05) is 24.3 Å². The SMILES string of the molecule is Cc1cccc(N2CC(C(=O)Nc3ccc(CC(N)=O)cc3)CC2=O)c1C. The van der Waals surface area contributed by atoms with Crippen LogP contribution >= 0.6 is 0 Å². The van der Waals surface area contributed by atoms with Crippen molar-refractivity contribution in [3.05, 3.63) is 59.2 Å². The molecule has 1 atom stereocenters. The fourth-order valence-corrected chi connectivity index (χ4v) is 3.30. The molecule has 27 heavy (non-hydrogen) atoms. The van der Waals surface area contributed by atoms with Gasteiger partial charge in [-0.05, 0) is 48.7 Å². The van der Waals surface area contributed by atoms with Crippen LogP contribution in [0.15, 0.2) is 42.5 Å². The molecular formula is C21H23N3O3. The van der Waals surface area contributed by atoms with E-state index >= 15 is 0 Å². The summed E-state index contributed by atoms with van der Waals surface area (Å²) < 4.78 is 0. The van der Waals surface area contributed by atoms with Gasteiger partial charge in [0.15, 0.2) is 0 Å². The van der Waals surface area contributed by atoms with Gasteiger partial charge in [0.05, 0.1) is 12.3 Å². The van der Waals surface area contributed by atoms with Crippen molar-refractivity contribution in [2.75, 3.05) is 16.8 Å². The van der Waals surface area contributed by atoms with Gasteiger partial charge in [0.25, 0.3) is 0 Å². The fourth-order valence-electron chi connectivity index (χ4n) is 3.30. The largest absolute Gasteiger partial charge is 0.369 e. The van der Waals surface area contributed by atoms with E-state index in [1.165, 1.54) is 0 Å². The average Bonchev–Trinajstić information content (AvgIpc) is 3.00. The highest BCUT2D eigenvalue weighted by Crippen LogP contribution is 2.30. The van der Waals surface area contributed by atoms with Gasteiger partial charge in [0.2, 0.25) is 17.7 Å². The molecule has 0 aromatic heterocycles. The summed E-state index contributed by atoms with van der Waals surface area (Å²) in [6.07, 6.45) is 0.356. The van der Waals surface area contributed by atoms with Crippen molar-refractivity contribution in [1.82, 2.24) is 0 Å². The van der Waals surface area contributed by atoms with E-state index in [0.717, 1.165) is 22.4 Å². The predicted octanol–water partition coefficient (Wildman–Crippen LogP) is 2.32. The average molecular weight is 365 g/mol. The first-order valence-electron chi connectivity index (χ1n) is 8.90. The summed E-state index contributed by atoms with van der Waals surface area (Å²) in [7, 11) is 0. The van der Waals surface area contributed by atoms with Gasteiger partial charge >= 0.3 is 0 Å². The Morgan fingerprint density at radius 3 is 2.52 bits per heavy atom. The molecule has 1 saturated heterocycles. The van der Waals surface area contributed by atoms with E-state index < -0.39 is 11.8 Å². The first kappa shape index (κ1) is 18.6. The molecule has 6 nitrogen and oxygen atoms in total. The van der Waals surface area contributed by atoms with Crippen LogP contribution in [0.25, 0.3) is 0 Å². The summed E-state index contributed by atoms with van der Waals surface area (Å²) in [6, 6.07) is 12.8. The molecular weight excluding hydrogens is 342 g/mol. The Labute approximate surface area is 158 Å². The summed E-state index contributed by atoms with van der Waals surface area (Å²) in [5.41, 5.74) is 9.63. The molecule has 0 bridgehead atoms. The molecule has 0 radical (unpaired) electrons. The Hall–Kier alpha value is -3.15. The zero-order chi connectivity index (χ0) is 19.6. The normalized spacial score (nSPS) is 16.4. The Balaban J connectivity index is 1.67. The molecule has 6 heteroatoms. The molecule has 0 aliphatic carbocycles. The molecule has 2 aromatic carbocycles. The lowest BCUT2D eigenvalue weighted by Gasteiger charge is -2.20. The van der Waals surface area contributed by atoms with E-state index in [-0.39, 0.29) is 24.7 Å². The van der Waals surface area contributed by atoms with Gasteiger partial charge in [0.1, 0.15) is 0 Å². The van der Waals surface area contributed by atoms with E-state index in [0.29, 0.717) is 12.2 Å². The van der Waals surface area contributed by atoms with Crippen LogP contribution < -0.4 is 16.0 Å². The van der Waals surface area contributed by atoms with Crippen LogP contribution in [-0.2, 0) is 20.8 Å². The van der Waals surface area contributed by atoms with Crippen molar-refractivity contribution in [3.63, 3.8) is 0 Å². The van der Waals surface area contributed by atoms with E-state index in [1.807, 2.05) is 32.0 Å². The van der Waals surface area contributed by atoms with Gasteiger partial charge in [-0.2, -0.15) is 0 Å². The smallest absolute Gasteiger partial charge is 0.229 e. The number of primary amides is 1. The second-order valence-corrected chi connectivity index (χ2v) is 6.95. The number of rotatable bonds is 5. The number of hydrogen-bond donors (Lipinski definition) is 2. The molecule has 1 fully saturated rings. The van der Waals surface area contributed by atoms with Gasteiger partial charge in [-0.15, -0.1) is 0 Å². The maximum absolute atomic E-state index is 12.6. The lowest BCUT2D eigenvalue weighted by Crippen LogP contribution is -2.28. The van der Waals surface area contributed by atoms with Crippen LogP contribution in [0.4, 0.5) is 11.4 Å². The third-order valence-corrected chi connectivity index (χ3v) is 4.96. The number of benzene rings is 2. The number of carbonyl (C=O) groups is 3. The standard InChI is InChI=1S/C21H23N3O3/c1-13-4-3-5-18(14(13)2)24-12-16(11-20(24)26)21(27)23-17-8-6-15(7-9-17)10-19(22)25/h3-9,16H,10-12H2,1-2H3,(H2,22,25)(H,23,27). The second kappa shape index (κ2) is 7.61. The minimum Gasteiger partial charge on any atom is -0.369 e. The minimum atomic E-state index is -0.400. The van der Waals surface area contributed by atoms with Crippen LogP contribution in [0.1, 0.15) is 23.1 Å². The van der Waals surface area contributed by atoms with Crippen molar-refractivity contribution < 1.29 is 14.4 Å². The number of amides is 3. The molecule has 3 amide bonds. The maximum atomic E-state index is 12.6. The van der Waals surface area contributed by atoms with Crippen molar-refractivity contribution in [2.24, 2.45) is 11.7 Å². The maximum Gasteiger partial charge on any atom is 0.229 e. The summed E-state index contributed by atoms with van der Waals surface area (Å²) in [5.74, 6) is -1.02. The molecule has 0 spiro atoms. The number of nitrogens with zero attached hydrogens (tertiary/aromatic N) is 1. The predicted molar refractivity (Wildman–Crippen MR) is 104 cm³/mol. The van der Waals surface area contributed by atoms with Crippen molar-refractivity contribution in [1.29, 1.82) is 0 Å². The van der Waals surface area contributed by atoms with Crippen LogP contribution in [0.5, 0.6) is 0 Å². The van der Waals surface area contributed by atoms with Crippen molar-refractivity contribution in [2.45, 2.75) is 26.7 Å². The Bertz CT molecular complexity index is 890. The molecule has 0 saturated carbocycles. The van der Waals surface area contributed by atoms with Crippen LogP contribution in [0.2, 0.25) is 0 Å². The van der Waals surface area contributed by atoms with Crippen LogP contribution in [0.3, 0.4) is 0 Å². The molecule has 1 aliphatic heterocycles. The topological polar surface area (TPSA) is 92.5 Å². The molecule has 2 aromatic rings. The third kappa shape index (κ3) is 4.16. The summed E-state index contributed by atoms with van der Waals surface area (Å²) in [5, 5.41) is 2.85. The minimum absolute atomic E-state index is 0.0411. The second-order valence-electron chi connectivity index (χ2n) is 6.95. The van der Waals surface area contributed by atoms with Gasteiger partial charge in [-0.25, -0.2) is 0 Å². The van der Waals surface area contributed by atoms with Crippen LogP contribution in [-0.4, -0.2) is 24.3 Å². The summed E-state index contributed by atoms with van der Waals surface area (Å²) >= 11 is 0. The first-order valence-corrected chi connectivity index (χ1v) is 8.90. The van der Waals surface area contributed by atoms with Crippen LogP contribution in [0, 0.1) is 19.8 Å². The lowest BCUT2D eigenvalue weighted by molar-refractivity contribution is -0.122. The molecule has 140 valence electrons. The summed E-state index contributed by atoms with van der Waals surface area (Å²) in [4.78, 5) is 37.7. The zero-order valence-electron chi connectivity index (χ0n) is 15.5. The molecule has 1 unspecified atom stereocenters. The molecule has 3 rings (SSSR count). The first-order chi connectivity index (χ1) is 12.8. The Morgan fingerprint density at radius 1 is 1.15 bits per heavy atom. The summed E-state index contributed by atoms with van der Waals surface area (Å²) in [6.45, 7) is 4.36. The Kier molecular flexibility index (Phi) is 5.26. The molecule has 3 N–H and O–H groups in total. The fraction of sp³-hybridized carbons (Fsp3) is 0.286. The van der Waals surface area contributed by atoms with Crippen molar-refractivity contribution >= 4 is 29.1 Å². The highest BCUT2D eigenvalue weighted by molar-refractivity contribution is 6.03. The monoisotopic (exact) mass is 365 g/mol. The van der Waals surface area contributed by atoms with E-state index in [9.17, 15) is 14.4 Å². The van der Waals surface area contributed by atoms with Gasteiger partial charge in [0, 0.05) is 24.3 Å². The Morgan fingerprint density at radius 2 is 1.85 bits per heavy atom. The molecule has 1 aliphatic rings. The van der Waals surface area contributed by atoms with Crippen molar-refractivity contribution in [3.8, 4) is 0 Å². The number of aryl methyl sites for hydroxylation is 1. The van der Waals surface area contributed by atoms with Gasteiger partial charge < -0.3 is 16.0 Å². The van der Waals surface area contributed by atoms with E-state index in [4.69, 9.17) is 5.73 Å². The zero-order valence-corrected chi connectivity index (χ0v) is 15.5. The lowest BCUT2D eigenvalue weighted by atomic mass is 10.1. The number of nitrogens with one attached hydrogen (secondary N) is 1. The number of carbonyl (C=O) groups excluding carboxylic acids is 3. The highest BCUT2D eigenvalue weighted by atomic mass is 16.2. The van der Waals surface area contributed by atoms with E-state index in [2.05, 4.69) is 5.32 Å². The van der Waals surface area contributed by atoms with Gasteiger partial charge in [-0.3, -0.25) is 14.4 Å². The number of hydrogen-bond acceptors (Lipinski definition) is 3. The number of anilines is 2. The highest BCUT2D eigenvalue weighted by Gasteiger charge is 2.35. The van der Waals surface area contributed by atoms with E-state index in [1.54, 1.807) is 29.2 Å².